The van der Waals surface area contributed by atoms with Crippen LogP contribution in [0.3, 0.4) is 0 Å². The average molecular weight is 334 g/mol. The zero-order chi connectivity index (χ0) is 13.1. The molecule has 10 nitrogen and oxygen atoms in total. The highest BCUT2D eigenvalue weighted by Gasteiger charge is 2.17. The van der Waals surface area contributed by atoms with Gasteiger partial charge in [0.15, 0.2) is 0 Å². The van der Waals surface area contributed by atoms with E-state index < -0.39 is 0 Å². The van der Waals surface area contributed by atoms with Gasteiger partial charge in [-0.05, 0) is 20.6 Å². The Hall–Kier alpha value is -1.36. The van der Waals surface area contributed by atoms with Gasteiger partial charge < -0.3 is 0 Å². The maximum absolute atomic E-state index is 5.43. The first-order valence-corrected chi connectivity index (χ1v) is 5.25. The van der Waals surface area contributed by atoms with Gasteiger partial charge in [0.05, 0.1) is 0 Å². The van der Waals surface area contributed by atoms with E-state index in [0.29, 0.717) is 7.88 Å². The smallest absolute Gasteiger partial charge is 0.240 e. The summed E-state index contributed by atoms with van der Waals surface area (Å²) in [6.07, 6.45) is 0. The maximum atomic E-state index is 5.43. The van der Waals surface area contributed by atoms with Gasteiger partial charge in [-0.3, -0.25) is 0 Å². The van der Waals surface area contributed by atoms with Crippen LogP contribution in [-0.4, -0.2) is 20.6 Å². The molecule has 2 aromatic heterocycles. The molecule has 14 heteroatoms. The fourth-order valence-electron chi connectivity index (χ4n) is 0.792. The third kappa shape index (κ3) is 2.72. The van der Waals surface area contributed by atoms with Gasteiger partial charge in [0.25, 0.3) is 23.3 Å². The summed E-state index contributed by atoms with van der Waals surface area (Å²) in [5.74, 6) is -0.309. The molecule has 0 aliphatic carbocycles. The first kappa shape index (κ1) is 13.1. The molecule has 2 rings (SSSR count). The van der Waals surface area contributed by atoms with Crippen molar-refractivity contribution in [2.75, 3.05) is 7.88 Å². The summed E-state index contributed by atoms with van der Waals surface area (Å²) < 4.78 is 9.94. The third-order valence-electron chi connectivity index (χ3n) is 1.47. The molecular weight excluding hydrogens is 334 g/mol. The molecule has 2 aromatic rings. The van der Waals surface area contributed by atoms with Crippen molar-refractivity contribution in [1.82, 2.24) is 20.6 Å². The third-order valence-corrected chi connectivity index (χ3v) is 2.11. The first-order chi connectivity index (χ1) is 8.59. The second-order valence-corrected chi connectivity index (χ2v) is 4.19. The predicted molar refractivity (Wildman–Crippen MR) is 61.1 cm³/mol. The molecule has 0 N–H and O–H groups in total. The van der Waals surface area contributed by atoms with E-state index in [-0.39, 0.29) is 23.3 Å². The topological polar surface area (TPSA) is 109 Å². The quantitative estimate of drug-likeness (QED) is 0.620. The molecule has 0 unspecified atom stereocenters. The van der Waals surface area contributed by atoms with Crippen LogP contribution in [0.15, 0.2) is 19.5 Å². The van der Waals surface area contributed by atoms with Crippen molar-refractivity contribution in [3.05, 3.63) is 0 Å². The monoisotopic (exact) mass is 332 g/mol. The molecule has 0 amide bonds. The summed E-state index contributed by atoms with van der Waals surface area (Å²) >= 11 is 21.7. The highest BCUT2D eigenvalue weighted by Crippen LogP contribution is 2.31. The summed E-state index contributed by atoms with van der Waals surface area (Å²) in [6, 6.07) is 0. The van der Waals surface area contributed by atoms with Crippen LogP contribution in [-0.2, 0) is 0 Å². The molecule has 0 aliphatic rings. The van der Waals surface area contributed by atoms with Gasteiger partial charge in [0, 0.05) is 47.1 Å². The van der Waals surface area contributed by atoms with E-state index in [1.807, 2.05) is 0 Å². The van der Waals surface area contributed by atoms with E-state index in [2.05, 4.69) is 40.1 Å². The second kappa shape index (κ2) is 5.52. The second-order valence-electron chi connectivity index (χ2n) is 2.49. The molecule has 0 bridgehead atoms. The lowest BCUT2D eigenvalue weighted by Gasteiger charge is -1.97. The van der Waals surface area contributed by atoms with Crippen molar-refractivity contribution in [3.63, 3.8) is 0 Å². The van der Waals surface area contributed by atoms with Crippen molar-refractivity contribution in [2.45, 2.75) is 0 Å². The number of anilines is 2. The SMILES string of the molecule is ClN(Cl)c1nonc1N=Nc1nonc1N(Cl)Cl. The molecule has 18 heavy (non-hydrogen) atoms. The van der Waals surface area contributed by atoms with E-state index in [4.69, 9.17) is 47.1 Å². The number of rotatable bonds is 4. The summed E-state index contributed by atoms with van der Waals surface area (Å²) in [4.78, 5) is 0. The van der Waals surface area contributed by atoms with Gasteiger partial charge in [-0.25, -0.2) is 9.26 Å². The Morgan fingerprint density at radius 2 is 1.11 bits per heavy atom. The summed E-state index contributed by atoms with van der Waals surface area (Å²) in [6.45, 7) is 0. The van der Waals surface area contributed by atoms with Crippen molar-refractivity contribution in [2.24, 2.45) is 10.2 Å². The predicted octanol–water partition coefficient (Wildman–Crippen LogP) is 3.10. The molecule has 0 spiro atoms. The number of hydrogen-bond acceptors (Lipinski definition) is 10. The van der Waals surface area contributed by atoms with Crippen molar-refractivity contribution >= 4 is 70.4 Å². The van der Waals surface area contributed by atoms with Gasteiger partial charge >= 0.3 is 0 Å². The van der Waals surface area contributed by atoms with Crippen LogP contribution < -0.4 is 7.88 Å². The highest BCUT2D eigenvalue weighted by molar-refractivity contribution is 6.49. The summed E-state index contributed by atoms with van der Waals surface area (Å²) in [5, 5.41) is 20.8. The minimum Gasteiger partial charge on any atom is -0.240 e. The van der Waals surface area contributed by atoms with Crippen molar-refractivity contribution < 1.29 is 9.26 Å². The zero-order valence-electron chi connectivity index (χ0n) is 7.91. The van der Waals surface area contributed by atoms with E-state index >= 15 is 0 Å². The van der Waals surface area contributed by atoms with Gasteiger partial charge in [-0.2, -0.15) is 7.88 Å². The van der Waals surface area contributed by atoms with Gasteiger partial charge in [-0.15, -0.1) is 10.2 Å². The number of nitrogens with zero attached hydrogens (tertiary/aromatic N) is 8. The van der Waals surface area contributed by atoms with Gasteiger partial charge in [-0.1, -0.05) is 0 Å². The number of hydrogen-bond donors (Lipinski definition) is 0. The molecule has 0 saturated carbocycles. The van der Waals surface area contributed by atoms with E-state index in [9.17, 15) is 0 Å². The van der Waals surface area contributed by atoms with Crippen molar-refractivity contribution in [3.8, 4) is 0 Å². The Morgan fingerprint density at radius 3 is 1.44 bits per heavy atom. The Kier molecular flexibility index (Phi) is 4.01. The number of halogens is 4. The van der Waals surface area contributed by atoms with E-state index in [1.165, 1.54) is 0 Å². The maximum Gasteiger partial charge on any atom is 0.264 e. The summed E-state index contributed by atoms with van der Waals surface area (Å²) in [7, 11) is 0. The standard InChI is InChI=1S/C4Cl4N8O2/c5-15(6)3-1(11-17-13-3)9-10-2-4(16(7)8)14-18-12-2. The van der Waals surface area contributed by atoms with E-state index in [1.54, 1.807) is 0 Å². The Labute approximate surface area is 118 Å². The largest absolute Gasteiger partial charge is 0.264 e. The fourth-order valence-corrected chi connectivity index (χ4v) is 1.22. The molecule has 0 aromatic carbocycles. The van der Waals surface area contributed by atoms with Gasteiger partial charge in [0.1, 0.15) is 0 Å². The molecule has 0 radical (unpaired) electrons. The highest BCUT2D eigenvalue weighted by atomic mass is 35.5. The summed E-state index contributed by atoms with van der Waals surface area (Å²) in [5.41, 5.74) is 0. The van der Waals surface area contributed by atoms with Crippen LogP contribution in [0.4, 0.5) is 23.3 Å². The fraction of sp³-hybridized carbons (Fsp3) is 0. The lowest BCUT2D eigenvalue weighted by molar-refractivity contribution is 0.308. The molecular formula is C4Cl4N8O2. The Morgan fingerprint density at radius 1 is 0.722 bits per heavy atom. The number of azo groups is 1. The van der Waals surface area contributed by atoms with Gasteiger partial charge in [0.2, 0.25) is 0 Å². The van der Waals surface area contributed by atoms with Crippen molar-refractivity contribution in [1.29, 1.82) is 0 Å². The molecule has 0 atom stereocenters. The van der Waals surface area contributed by atoms with Crippen LogP contribution in [0, 0.1) is 0 Å². The van der Waals surface area contributed by atoms with Crippen LogP contribution >= 0.6 is 47.1 Å². The molecule has 0 aliphatic heterocycles. The average Bonchev–Trinajstić information content (AvgIpc) is 2.94. The Balaban J connectivity index is 2.25. The van der Waals surface area contributed by atoms with Crippen LogP contribution in [0.5, 0.6) is 0 Å². The lowest BCUT2D eigenvalue weighted by atomic mass is 10.7. The zero-order valence-corrected chi connectivity index (χ0v) is 10.9. The normalized spacial score (nSPS) is 11.1. The minimum absolute atomic E-state index is 0.0614. The minimum atomic E-state index is -0.0929. The first-order valence-electron chi connectivity index (χ1n) is 3.90. The van der Waals surface area contributed by atoms with Crippen LogP contribution in [0.25, 0.3) is 0 Å². The molecule has 96 valence electrons. The van der Waals surface area contributed by atoms with E-state index in [0.717, 1.165) is 0 Å². The Bertz CT molecular complexity index is 503. The van der Waals surface area contributed by atoms with Crippen LogP contribution in [0.2, 0.25) is 0 Å². The lowest BCUT2D eigenvalue weighted by Crippen LogP contribution is -1.92. The molecule has 0 saturated heterocycles. The van der Waals surface area contributed by atoms with Crippen LogP contribution in [0.1, 0.15) is 0 Å². The number of aromatic nitrogens is 4. The molecule has 2 heterocycles. The molecule has 0 fully saturated rings.